The number of fused-ring (bicyclic) bond motifs is 1. The zero-order valence-corrected chi connectivity index (χ0v) is 14.3. The topological polar surface area (TPSA) is 89.0 Å². The fourth-order valence-corrected chi connectivity index (χ4v) is 2.50. The molecule has 0 aromatic heterocycles. The van der Waals surface area contributed by atoms with Crippen molar-refractivity contribution in [3.63, 3.8) is 0 Å². The van der Waals surface area contributed by atoms with E-state index in [-0.39, 0.29) is 18.4 Å². The van der Waals surface area contributed by atoms with Crippen LogP contribution in [0.2, 0.25) is 0 Å². The van der Waals surface area contributed by atoms with Crippen molar-refractivity contribution in [3.05, 3.63) is 53.6 Å². The number of carbonyl (C=O) groups is 2. The molecule has 0 saturated heterocycles. The van der Waals surface area contributed by atoms with Gasteiger partial charge in [0.25, 0.3) is 5.91 Å². The minimum atomic E-state index is -0.360. The van der Waals surface area contributed by atoms with E-state index in [4.69, 9.17) is 9.47 Å². The molecule has 0 atom stereocenters. The van der Waals surface area contributed by atoms with E-state index in [2.05, 4.69) is 15.8 Å². The molecule has 26 heavy (non-hydrogen) atoms. The van der Waals surface area contributed by atoms with Crippen LogP contribution >= 0.6 is 0 Å². The van der Waals surface area contributed by atoms with Gasteiger partial charge in [0, 0.05) is 12.1 Å². The summed E-state index contributed by atoms with van der Waals surface area (Å²) in [6.07, 6.45) is 2.66. The number of carbonyl (C=O) groups excluding carboxylic acids is 2. The van der Waals surface area contributed by atoms with Gasteiger partial charge in [0.15, 0.2) is 6.61 Å². The van der Waals surface area contributed by atoms with Crippen LogP contribution in [0.25, 0.3) is 0 Å². The lowest BCUT2D eigenvalue weighted by Crippen LogP contribution is -2.24. The molecule has 0 spiro atoms. The van der Waals surface area contributed by atoms with E-state index in [1.165, 1.54) is 0 Å². The highest BCUT2D eigenvalue weighted by Crippen LogP contribution is 2.26. The average Bonchev–Trinajstić information content (AvgIpc) is 2.67. The van der Waals surface area contributed by atoms with Gasteiger partial charge in [0.05, 0.1) is 13.3 Å². The Morgan fingerprint density at radius 3 is 2.73 bits per heavy atom. The van der Waals surface area contributed by atoms with E-state index in [0.29, 0.717) is 18.6 Å². The SMILES string of the molecule is COc1ccc(/C=N/NC(=O)COc2ccc3c(c2)CCC(=O)N3)cc1. The lowest BCUT2D eigenvalue weighted by Gasteiger charge is -2.17. The minimum Gasteiger partial charge on any atom is -0.497 e. The Labute approximate surface area is 151 Å². The molecule has 1 heterocycles. The predicted molar refractivity (Wildman–Crippen MR) is 97.6 cm³/mol. The van der Waals surface area contributed by atoms with Crippen LogP contribution in [0.3, 0.4) is 0 Å². The Hall–Kier alpha value is -3.35. The summed E-state index contributed by atoms with van der Waals surface area (Å²) >= 11 is 0. The number of rotatable bonds is 6. The zero-order valence-electron chi connectivity index (χ0n) is 14.3. The second kappa shape index (κ2) is 8.15. The Balaban J connectivity index is 1.48. The van der Waals surface area contributed by atoms with Crippen LogP contribution in [0.15, 0.2) is 47.6 Å². The Morgan fingerprint density at radius 1 is 1.19 bits per heavy atom. The number of amides is 2. The number of hydrogen-bond donors (Lipinski definition) is 2. The summed E-state index contributed by atoms with van der Waals surface area (Å²) in [5, 5.41) is 6.70. The first kappa shape index (κ1) is 17.5. The number of nitrogens with one attached hydrogen (secondary N) is 2. The molecule has 0 aliphatic carbocycles. The fourth-order valence-electron chi connectivity index (χ4n) is 2.50. The highest BCUT2D eigenvalue weighted by Gasteiger charge is 2.15. The first-order chi connectivity index (χ1) is 12.6. The third-order valence-corrected chi connectivity index (χ3v) is 3.86. The molecular formula is C19H19N3O4. The van der Waals surface area contributed by atoms with Crippen molar-refractivity contribution in [1.29, 1.82) is 0 Å². The van der Waals surface area contributed by atoms with Gasteiger partial charge in [-0.3, -0.25) is 9.59 Å². The maximum absolute atomic E-state index is 11.8. The molecule has 3 rings (SSSR count). The van der Waals surface area contributed by atoms with Crippen molar-refractivity contribution in [2.45, 2.75) is 12.8 Å². The van der Waals surface area contributed by atoms with E-state index in [9.17, 15) is 9.59 Å². The number of benzene rings is 2. The molecule has 2 aromatic carbocycles. The number of methoxy groups -OCH3 is 1. The third-order valence-electron chi connectivity index (χ3n) is 3.86. The average molecular weight is 353 g/mol. The molecule has 2 amide bonds. The minimum absolute atomic E-state index is 0.0141. The lowest BCUT2D eigenvalue weighted by atomic mass is 10.0. The van der Waals surface area contributed by atoms with Crippen LogP contribution in [0.1, 0.15) is 17.5 Å². The van der Waals surface area contributed by atoms with Crippen LogP contribution in [-0.2, 0) is 16.0 Å². The van der Waals surface area contributed by atoms with E-state index in [1.807, 2.05) is 30.3 Å². The van der Waals surface area contributed by atoms with Gasteiger partial charge in [-0.1, -0.05) is 0 Å². The maximum atomic E-state index is 11.8. The fraction of sp³-hybridized carbons (Fsp3) is 0.211. The second-order valence-electron chi connectivity index (χ2n) is 5.72. The predicted octanol–water partition coefficient (Wildman–Crippen LogP) is 2.11. The van der Waals surface area contributed by atoms with Gasteiger partial charge < -0.3 is 14.8 Å². The van der Waals surface area contributed by atoms with Crippen molar-refractivity contribution in [3.8, 4) is 11.5 Å². The summed E-state index contributed by atoms with van der Waals surface area (Å²) in [6, 6.07) is 12.6. The molecule has 2 aromatic rings. The van der Waals surface area contributed by atoms with Crippen molar-refractivity contribution in [2.75, 3.05) is 19.0 Å². The second-order valence-corrected chi connectivity index (χ2v) is 5.72. The van der Waals surface area contributed by atoms with Gasteiger partial charge in [-0.2, -0.15) is 5.10 Å². The maximum Gasteiger partial charge on any atom is 0.277 e. The van der Waals surface area contributed by atoms with Crippen LogP contribution in [0, 0.1) is 0 Å². The molecule has 1 aliphatic rings. The van der Waals surface area contributed by atoms with Crippen LogP contribution < -0.4 is 20.2 Å². The van der Waals surface area contributed by atoms with Gasteiger partial charge in [-0.05, 0) is 60.0 Å². The lowest BCUT2D eigenvalue weighted by molar-refractivity contribution is -0.123. The number of aryl methyl sites for hydroxylation is 1. The molecule has 1 aliphatic heterocycles. The van der Waals surface area contributed by atoms with E-state index >= 15 is 0 Å². The molecule has 0 radical (unpaired) electrons. The molecule has 0 saturated carbocycles. The van der Waals surface area contributed by atoms with Gasteiger partial charge in [-0.15, -0.1) is 0 Å². The normalized spacial score (nSPS) is 13.0. The van der Waals surface area contributed by atoms with E-state index in [1.54, 1.807) is 25.5 Å². The quantitative estimate of drug-likeness (QED) is 0.615. The first-order valence-electron chi connectivity index (χ1n) is 8.15. The molecule has 0 fully saturated rings. The van der Waals surface area contributed by atoms with Gasteiger partial charge in [-0.25, -0.2) is 5.43 Å². The first-order valence-corrected chi connectivity index (χ1v) is 8.15. The Kier molecular flexibility index (Phi) is 5.48. The largest absolute Gasteiger partial charge is 0.497 e. The summed E-state index contributed by atoms with van der Waals surface area (Å²) in [4.78, 5) is 23.2. The molecule has 0 bridgehead atoms. The summed E-state index contributed by atoms with van der Waals surface area (Å²) in [5.41, 5.74) is 5.05. The van der Waals surface area contributed by atoms with Crippen LogP contribution in [0.4, 0.5) is 5.69 Å². The smallest absolute Gasteiger partial charge is 0.277 e. The Bertz CT molecular complexity index is 831. The van der Waals surface area contributed by atoms with Gasteiger partial charge in [0.1, 0.15) is 11.5 Å². The molecule has 134 valence electrons. The summed E-state index contributed by atoms with van der Waals surface area (Å²) in [6.45, 7) is -0.148. The molecule has 2 N–H and O–H groups in total. The highest BCUT2D eigenvalue weighted by molar-refractivity contribution is 5.94. The summed E-state index contributed by atoms with van der Waals surface area (Å²) < 4.78 is 10.6. The van der Waals surface area contributed by atoms with Crippen LogP contribution in [0.5, 0.6) is 11.5 Å². The van der Waals surface area contributed by atoms with Crippen LogP contribution in [-0.4, -0.2) is 31.7 Å². The van der Waals surface area contributed by atoms with Gasteiger partial charge in [0.2, 0.25) is 5.91 Å². The number of hydrazone groups is 1. The number of anilines is 1. The molecular weight excluding hydrogens is 334 g/mol. The standard InChI is InChI=1S/C19H19N3O4/c1-25-15-5-2-13(3-6-15)11-20-22-19(24)12-26-16-7-8-17-14(10-16)4-9-18(23)21-17/h2-3,5-8,10-11H,4,9,12H2,1H3,(H,21,23)(H,22,24)/b20-11+. The van der Waals surface area contributed by atoms with E-state index in [0.717, 1.165) is 22.6 Å². The molecule has 7 heteroatoms. The number of ether oxygens (including phenoxy) is 2. The van der Waals surface area contributed by atoms with Crippen molar-refractivity contribution in [2.24, 2.45) is 5.10 Å². The monoisotopic (exact) mass is 353 g/mol. The highest BCUT2D eigenvalue weighted by atomic mass is 16.5. The summed E-state index contributed by atoms with van der Waals surface area (Å²) in [7, 11) is 1.60. The van der Waals surface area contributed by atoms with Gasteiger partial charge >= 0.3 is 0 Å². The van der Waals surface area contributed by atoms with Crippen molar-refractivity contribution < 1.29 is 19.1 Å². The zero-order chi connectivity index (χ0) is 18.4. The van der Waals surface area contributed by atoms with E-state index < -0.39 is 0 Å². The van der Waals surface area contributed by atoms with Crippen molar-refractivity contribution in [1.82, 2.24) is 5.43 Å². The summed E-state index contributed by atoms with van der Waals surface area (Å²) in [5.74, 6) is 0.986. The third kappa shape index (κ3) is 4.60. The number of nitrogens with zero attached hydrogens (tertiary/aromatic N) is 1. The van der Waals surface area contributed by atoms with Crippen molar-refractivity contribution >= 4 is 23.7 Å². The molecule has 7 nitrogen and oxygen atoms in total. The Morgan fingerprint density at radius 2 is 1.96 bits per heavy atom. The number of hydrogen-bond acceptors (Lipinski definition) is 5. The molecule has 0 unspecified atom stereocenters.